The van der Waals surface area contributed by atoms with Crippen LogP contribution in [0.25, 0.3) is 83.8 Å². The Morgan fingerprint density at radius 3 is 2.19 bits per heavy atom. The number of pyridine rings is 1. The number of hydrogen-bond donors (Lipinski definition) is 1. The van der Waals surface area contributed by atoms with E-state index in [4.69, 9.17) is 20.7 Å². The molecule has 0 atom stereocenters. The standard InChI is InChI=1S/C47H33IN6/c1-2-3-13-29-22-23-33-26-34(28-50-46(33)43(29)49)54-37-20-11-10-19-35(37)41-36-24-25-53(38-21-12-18-32(40(36)38)27-39(41)54)47-51-44(30-14-6-4-7-15-30)42(48)45(52-47)31-16-8-5-9-17-31/h3-28H,2,49H2,1H3/b13-3-. The van der Waals surface area contributed by atoms with Crippen molar-refractivity contribution in [1.82, 2.24) is 19.5 Å². The molecule has 9 aromatic rings. The van der Waals surface area contributed by atoms with Gasteiger partial charge in [-0.25, -0.2) is 9.97 Å². The summed E-state index contributed by atoms with van der Waals surface area (Å²) >= 11 is 2.40. The number of nitrogen functional groups attached to an aromatic ring is 1. The van der Waals surface area contributed by atoms with E-state index in [9.17, 15) is 0 Å². The highest BCUT2D eigenvalue weighted by molar-refractivity contribution is 14.1. The van der Waals surface area contributed by atoms with Crippen LogP contribution in [-0.2, 0) is 0 Å². The first kappa shape index (κ1) is 32.3. The Labute approximate surface area is 326 Å². The van der Waals surface area contributed by atoms with Gasteiger partial charge in [-0.2, -0.15) is 0 Å². The van der Waals surface area contributed by atoms with Gasteiger partial charge in [-0.05, 0) is 75.9 Å². The predicted molar refractivity (Wildman–Crippen MR) is 234 cm³/mol. The Balaban J connectivity index is 1.18. The van der Waals surface area contributed by atoms with Gasteiger partial charge in [0.25, 0.3) is 0 Å². The first-order chi connectivity index (χ1) is 26.6. The zero-order chi connectivity index (χ0) is 36.3. The lowest BCUT2D eigenvalue weighted by Gasteiger charge is -2.26. The summed E-state index contributed by atoms with van der Waals surface area (Å²) in [4.78, 5) is 17.6. The topological polar surface area (TPSA) is 72.9 Å². The van der Waals surface area contributed by atoms with Crippen LogP contribution in [-0.4, -0.2) is 19.5 Å². The summed E-state index contributed by atoms with van der Waals surface area (Å²) in [5, 5.41) is 5.68. The summed E-state index contributed by atoms with van der Waals surface area (Å²) in [7, 11) is 0. The van der Waals surface area contributed by atoms with Crippen LogP contribution < -0.4 is 10.6 Å². The normalized spacial score (nSPS) is 12.6. The van der Waals surface area contributed by atoms with E-state index in [1.165, 1.54) is 16.3 Å². The molecule has 7 heteroatoms. The van der Waals surface area contributed by atoms with Crippen molar-refractivity contribution in [2.24, 2.45) is 0 Å². The van der Waals surface area contributed by atoms with Gasteiger partial charge in [0.15, 0.2) is 0 Å². The van der Waals surface area contributed by atoms with Crippen molar-refractivity contribution in [3.8, 4) is 28.2 Å². The fourth-order valence-electron chi connectivity index (χ4n) is 7.83. The molecule has 0 amide bonds. The number of fused-ring (bicyclic) bond motifs is 5. The second-order valence-electron chi connectivity index (χ2n) is 13.5. The number of para-hydroxylation sites is 1. The molecule has 0 saturated heterocycles. The number of allylic oxidation sites excluding steroid dienone is 1. The molecule has 258 valence electrons. The fraction of sp³-hybridized carbons (Fsp3) is 0.0426. The van der Waals surface area contributed by atoms with Crippen molar-refractivity contribution in [3.63, 3.8) is 0 Å². The Hall–Kier alpha value is -6.32. The molecular formula is C47H33IN6. The van der Waals surface area contributed by atoms with E-state index in [1.54, 1.807) is 0 Å². The number of halogens is 1. The third-order valence-corrected chi connectivity index (χ3v) is 11.3. The maximum atomic E-state index is 6.63. The molecule has 0 radical (unpaired) electrons. The molecule has 0 fully saturated rings. The molecule has 6 aromatic carbocycles. The average Bonchev–Trinajstić information content (AvgIpc) is 3.55. The summed E-state index contributed by atoms with van der Waals surface area (Å²) < 4.78 is 3.35. The van der Waals surface area contributed by atoms with Crippen molar-refractivity contribution in [3.05, 3.63) is 161 Å². The second-order valence-corrected chi connectivity index (χ2v) is 14.6. The van der Waals surface area contributed by atoms with E-state index in [0.29, 0.717) is 11.6 Å². The highest BCUT2D eigenvalue weighted by atomic mass is 127. The molecule has 3 aromatic heterocycles. The van der Waals surface area contributed by atoms with Gasteiger partial charge in [-0.3, -0.25) is 9.88 Å². The Morgan fingerprint density at radius 1 is 0.722 bits per heavy atom. The van der Waals surface area contributed by atoms with Gasteiger partial charge in [-0.1, -0.05) is 122 Å². The molecule has 0 bridgehead atoms. The minimum Gasteiger partial charge on any atom is -0.396 e. The molecule has 2 N–H and O–H groups in total. The van der Waals surface area contributed by atoms with Crippen molar-refractivity contribution in [2.75, 3.05) is 10.6 Å². The van der Waals surface area contributed by atoms with Gasteiger partial charge < -0.3 is 10.3 Å². The van der Waals surface area contributed by atoms with Crippen LogP contribution in [0.15, 0.2) is 146 Å². The Kier molecular flexibility index (Phi) is 7.76. The molecule has 1 aliphatic heterocycles. The number of rotatable bonds is 6. The lowest BCUT2D eigenvalue weighted by Crippen LogP contribution is -2.16. The summed E-state index contributed by atoms with van der Waals surface area (Å²) in [6, 6.07) is 44.6. The third-order valence-electron chi connectivity index (χ3n) is 10.3. The minimum absolute atomic E-state index is 0.625. The Bertz CT molecular complexity index is 2940. The number of hydrogen-bond acceptors (Lipinski definition) is 5. The number of aromatic nitrogens is 4. The van der Waals surface area contributed by atoms with Gasteiger partial charge in [0.05, 0.1) is 54.8 Å². The quantitative estimate of drug-likeness (QED) is 0.134. The van der Waals surface area contributed by atoms with E-state index in [1.807, 2.05) is 18.3 Å². The lowest BCUT2D eigenvalue weighted by molar-refractivity contribution is 1.08. The number of nitrogens with zero attached hydrogens (tertiary/aromatic N) is 5. The smallest absolute Gasteiger partial charge is 0.235 e. The molecule has 4 heterocycles. The van der Waals surface area contributed by atoms with Crippen LogP contribution in [0.1, 0.15) is 24.5 Å². The fourth-order valence-corrected chi connectivity index (χ4v) is 8.69. The van der Waals surface area contributed by atoms with Crippen LogP contribution in [0.5, 0.6) is 0 Å². The summed E-state index contributed by atoms with van der Waals surface area (Å²) in [5.41, 5.74) is 18.5. The van der Waals surface area contributed by atoms with Gasteiger partial charge >= 0.3 is 0 Å². The predicted octanol–water partition coefficient (Wildman–Crippen LogP) is 12.3. The van der Waals surface area contributed by atoms with E-state index < -0.39 is 0 Å². The summed E-state index contributed by atoms with van der Waals surface area (Å²) in [5.74, 6) is 0.625. The van der Waals surface area contributed by atoms with Crippen LogP contribution in [0.2, 0.25) is 0 Å². The van der Waals surface area contributed by atoms with Gasteiger partial charge in [0.1, 0.15) is 0 Å². The Morgan fingerprint density at radius 2 is 1.44 bits per heavy atom. The largest absolute Gasteiger partial charge is 0.396 e. The molecule has 0 spiro atoms. The van der Waals surface area contributed by atoms with Gasteiger partial charge in [-0.15, -0.1) is 0 Å². The van der Waals surface area contributed by atoms with Crippen molar-refractivity contribution < 1.29 is 0 Å². The van der Waals surface area contributed by atoms with Crippen LogP contribution >= 0.6 is 22.6 Å². The van der Waals surface area contributed by atoms with E-state index >= 15 is 0 Å². The average molecular weight is 809 g/mol. The van der Waals surface area contributed by atoms with Gasteiger partial charge in [0, 0.05) is 38.9 Å². The maximum absolute atomic E-state index is 6.63. The molecule has 10 rings (SSSR count). The van der Waals surface area contributed by atoms with Gasteiger partial charge in [0.2, 0.25) is 5.95 Å². The van der Waals surface area contributed by atoms with E-state index in [-0.39, 0.29) is 0 Å². The van der Waals surface area contributed by atoms with E-state index in [0.717, 1.165) is 82.2 Å². The molecule has 0 saturated carbocycles. The molecule has 54 heavy (non-hydrogen) atoms. The number of benzene rings is 6. The second kappa shape index (κ2) is 13.0. The maximum Gasteiger partial charge on any atom is 0.235 e. The lowest BCUT2D eigenvalue weighted by atomic mass is 9.95. The van der Waals surface area contributed by atoms with Crippen LogP contribution in [0.3, 0.4) is 0 Å². The third kappa shape index (κ3) is 5.10. The minimum atomic E-state index is 0.625. The molecular weight excluding hydrogens is 775 g/mol. The zero-order valence-corrected chi connectivity index (χ0v) is 31.6. The first-order valence-electron chi connectivity index (χ1n) is 18.1. The molecule has 0 unspecified atom stereocenters. The molecule has 6 nitrogen and oxygen atoms in total. The zero-order valence-electron chi connectivity index (χ0n) is 29.4. The van der Waals surface area contributed by atoms with Crippen molar-refractivity contribution >= 4 is 95.5 Å². The molecule has 1 aliphatic rings. The SMILES string of the molecule is CC/C=C\c1ccc2cc(-n3c4ccccc4c4c5c6c(cccc6cc43)N(c3nc(-c4ccccc4)c(I)c(-c4ccccc4)n3)C=C5)cnc2c1N. The number of nitrogens with two attached hydrogens (primary N) is 1. The van der Waals surface area contributed by atoms with Crippen molar-refractivity contribution in [2.45, 2.75) is 13.3 Å². The first-order valence-corrected chi connectivity index (χ1v) is 19.2. The summed E-state index contributed by atoms with van der Waals surface area (Å²) in [6.45, 7) is 2.12. The van der Waals surface area contributed by atoms with Crippen molar-refractivity contribution in [1.29, 1.82) is 0 Å². The molecule has 0 aliphatic carbocycles. The highest BCUT2D eigenvalue weighted by Gasteiger charge is 2.26. The van der Waals surface area contributed by atoms with Crippen LogP contribution in [0, 0.1) is 3.57 Å². The summed E-state index contributed by atoms with van der Waals surface area (Å²) in [6.07, 6.45) is 11.4. The highest BCUT2D eigenvalue weighted by Crippen LogP contribution is 2.46. The number of anilines is 3. The monoisotopic (exact) mass is 808 g/mol. The van der Waals surface area contributed by atoms with Crippen LogP contribution in [0.4, 0.5) is 17.3 Å². The van der Waals surface area contributed by atoms with E-state index in [2.05, 4.69) is 179 Å².